The number of benzene rings is 2. The van der Waals surface area contributed by atoms with E-state index in [1.165, 1.54) is 25.4 Å². The lowest BCUT2D eigenvalue weighted by atomic mass is 9.91. The van der Waals surface area contributed by atoms with Gasteiger partial charge in [0.1, 0.15) is 23.8 Å². The highest BCUT2D eigenvalue weighted by atomic mass is 35.5. The molecular formula is C19H15ClFN3O2S. The summed E-state index contributed by atoms with van der Waals surface area (Å²) in [5, 5.41) is 5.17. The van der Waals surface area contributed by atoms with Crippen molar-refractivity contribution in [2.75, 3.05) is 0 Å². The summed E-state index contributed by atoms with van der Waals surface area (Å²) in [6.07, 6.45) is 1.03. The fourth-order valence-corrected chi connectivity index (χ4v) is 3.96. The van der Waals surface area contributed by atoms with E-state index in [1.54, 1.807) is 16.8 Å². The summed E-state index contributed by atoms with van der Waals surface area (Å²) in [6.45, 7) is 1.74. The van der Waals surface area contributed by atoms with E-state index in [-0.39, 0.29) is 23.6 Å². The van der Waals surface area contributed by atoms with Gasteiger partial charge in [-0.25, -0.2) is 14.1 Å². The van der Waals surface area contributed by atoms with Crippen molar-refractivity contribution in [2.24, 2.45) is 0 Å². The van der Waals surface area contributed by atoms with Gasteiger partial charge in [-0.05, 0) is 35.5 Å². The molecule has 1 aliphatic rings. The Morgan fingerprint density at radius 3 is 2.89 bits per heavy atom. The van der Waals surface area contributed by atoms with Crippen LogP contribution in [-0.4, -0.2) is 19.9 Å². The fraction of sp³-hybridized carbons (Fsp3) is 0.211. The molecule has 0 bridgehead atoms. The molecule has 138 valence electrons. The predicted octanol–water partition coefficient (Wildman–Crippen LogP) is 4.38. The van der Waals surface area contributed by atoms with Gasteiger partial charge in [-0.2, -0.15) is 5.10 Å². The van der Waals surface area contributed by atoms with Crippen molar-refractivity contribution >= 4 is 28.5 Å². The monoisotopic (exact) mass is 403 g/mol. The third-order valence-electron chi connectivity index (χ3n) is 4.40. The Morgan fingerprint density at radius 1 is 1.33 bits per heavy atom. The zero-order chi connectivity index (χ0) is 19.0. The van der Waals surface area contributed by atoms with E-state index in [2.05, 4.69) is 10.1 Å². The SMILES string of the molecule is CC(=O)Sc1ncnn1CC1(c2cccc(F)c2)OC1c1ccccc1Cl. The Kier molecular flexibility index (Phi) is 4.75. The fourth-order valence-electron chi connectivity index (χ4n) is 3.15. The highest BCUT2D eigenvalue weighted by Gasteiger charge is 2.60. The number of carbonyl (C=O) groups is 1. The summed E-state index contributed by atoms with van der Waals surface area (Å²) in [4.78, 5) is 15.6. The maximum absolute atomic E-state index is 13.9. The summed E-state index contributed by atoms with van der Waals surface area (Å²) in [6, 6.07) is 13.7. The number of aromatic nitrogens is 3. The van der Waals surface area contributed by atoms with E-state index in [4.69, 9.17) is 16.3 Å². The molecule has 8 heteroatoms. The number of carbonyl (C=O) groups excluding carboxylic acids is 1. The molecule has 0 spiro atoms. The van der Waals surface area contributed by atoms with Crippen molar-refractivity contribution in [3.8, 4) is 0 Å². The minimum atomic E-state index is -0.840. The topological polar surface area (TPSA) is 60.3 Å². The van der Waals surface area contributed by atoms with E-state index < -0.39 is 5.60 Å². The summed E-state index contributed by atoms with van der Waals surface area (Å²) in [5.74, 6) is -0.350. The first-order valence-electron chi connectivity index (χ1n) is 8.24. The van der Waals surface area contributed by atoms with Crippen LogP contribution in [0, 0.1) is 5.82 Å². The van der Waals surface area contributed by atoms with Gasteiger partial charge in [0.05, 0.1) is 6.54 Å². The Morgan fingerprint density at radius 2 is 2.15 bits per heavy atom. The summed E-state index contributed by atoms with van der Waals surface area (Å²) < 4.78 is 21.6. The molecular weight excluding hydrogens is 389 g/mol. The predicted molar refractivity (Wildman–Crippen MR) is 99.9 cm³/mol. The Hall–Kier alpha value is -2.22. The zero-order valence-corrected chi connectivity index (χ0v) is 15.9. The molecule has 0 saturated carbocycles. The van der Waals surface area contributed by atoms with Crippen molar-refractivity contribution in [1.29, 1.82) is 0 Å². The molecule has 2 unspecified atom stereocenters. The van der Waals surface area contributed by atoms with Gasteiger partial charge in [0.15, 0.2) is 10.3 Å². The molecule has 4 rings (SSSR count). The highest BCUT2D eigenvalue weighted by molar-refractivity contribution is 8.13. The van der Waals surface area contributed by atoms with Gasteiger partial charge in [0, 0.05) is 17.5 Å². The number of ether oxygens (including phenoxy) is 1. The molecule has 1 aromatic heterocycles. The molecule has 0 N–H and O–H groups in total. The molecule has 0 aliphatic carbocycles. The first-order valence-corrected chi connectivity index (χ1v) is 9.43. The molecule has 2 atom stereocenters. The Bertz CT molecular complexity index is 1010. The second-order valence-electron chi connectivity index (χ2n) is 6.21. The van der Waals surface area contributed by atoms with E-state index >= 15 is 0 Å². The van der Waals surface area contributed by atoms with E-state index in [1.807, 2.05) is 24.3 Å². The van der Waals surface area contributed by atoms with Crippen LogP contribution in [0.1, 0.15) is 24.2 Å². The van der Waals surface area contributed by atoms with Crippen LogP contribution in [0.5, 0.6) is 0 Å². The quantitative estimate of drug-likeness (QED) is 0.467. The lowest BCUT2D eigenvalue weighted by Gasteiger charge is -2.15. The third kappa shape index (κ3) is 3.50. The maximum Gasteiger partial charge on any atom is 0.193 e. The van der Waals surface area contributed by atoms with Crippen LogP contribution in [0.25, 0.3) is 0 Å². The molecule has 1 aliphatic heterocycles. The molecule has 2 heterocycles. The largest absolute Gasteiger partial charge is 0.354 e. The molecule has 1 saturated heterocycles. The van der Waals surface area contributed by atoms with Gasteiger partial charge in [0.2, 0.25) is 0 Å². The molecule has 5 nitrogen and oxygen atoms in total. The minimum absolute atomic E-state index is 0.0941. The Labute approximate surface area is 164 Å². The minimum Gasteiger partial charge on any atom is -0.354 e. The molecule has 27 heavy (non-hydrogen) atoms. The summed E-state index contributed by atoms with van der Waals surface area (Å²) in [5.41, 5.74) is 0.665. The van der Waals surface area contributed by atoms with Gasteiger partial charge < -0.3 is 4.74 Å². The van der Waals surface area contributed by atoms with Crippen LogP contribution in [0.2, 0.25) is 5.02 Å². The molecule has 1 fully saturated rings. The number of thioether (sulfide) groups is 1. The third-order valence-corrected chi connectivity index (χ3v) is 5.53. The molecule has 0 amide bonds. The Balaban J connectivity index is 1.74. The van der Waals surface area contributed by atoms with Gasteiger partial charge in [-0.15, -0.1) is 0 Å². The van der Waals surface area contributed by atoms with E-state index in [9.17, 15) is 9.18 Å². The lowest BCUT2D eigenvalue weighted by Crippen LogP contribution is -2.21. The number of nitrogens with zero attached hydrogens (tertiary/aromatic N) is 3. The van der Waals surface area contributed by atoms with Gasteiger partial charge in [-0.1, -0.05) is 41.9 Å². The first kappa shape index (κ1) is 18.2. The van der Waals surface area contributed by atoms with Crippen LogP contribution < -0.4 is 0 Å². The average molecular weight is 404 g/mol. The standard InChI is InChI=1S/C19H15ClFN3O2S/c1-12(25)27-18-22-11-23-24(18)10-19(13-5-4-6-14(21)9-13)17(26-19)15-7-2-3-8-16(15)20/h2-9,11,17H,10H2,1H3. The van der Waals surface area contributed by atoms with Crippen molar-refractivity contribution in [1.82, 2.24) is 14.8 Å². The van der Waals surface area contributed by atoms with Crippen LogP contribution in [-0.2, 0) is 21.7 Å². The first-order chi connectivity index (χ1) is 13.0. The number of hydrogen-bond donors (Lipinski definition) is 0. The molecule has 0 radical (unpaired) electrons. The van der Waals surface area contributed by atoms with E-state index in [0.717, 1.165) is 17.3 Å². The zero-order valence-electron chi connectivity index (χ0n) is 14.3. The van der Waals surface area contributed by atoms with Crippen LogP contribution in [0.15, 0.2) is 60.0 Å². The molecule has 2 aromatic carbocycles. The number of hydrogen-bond acceptors (Lipinski definition) is 5. The van der Waals surface area contributed by atoms with Gasteiger partial charge >= 0.3 is 0 Å². The average Bonchev–Trinajstić information content (AvgIpc) is 3.20. The smallest absolute Gasteiger partial charge is 0.193 e. The summed E-state index contributed by atoms with van der Waals surface area (Å²) >= 11 is 7.34. The molecule has 3 aromatic rings. The van der Waals surface area contributed by atoms with Crippen LogP contribution in [0.3, 0.4) is 0 Å². The number of epoxide rings is 1. The number of halogens is 2. The normalized spacial score (nSPS) is 21.2. The van der Waals surface area contributed by atoms with E-state index in [0.29, 0.717) is 15.7 Å². The van der Waals surface area contributed by atoms with Gasteiger partial charge in [0.25, 0.3) is 0 Å². The highest BCUT2D eigenvalue weighted by Crippen LogP contribution is 2.59. The van der Waals surface area contributed by atoms with Crippen molar-refractivity contribution < 1.29 is 13.9 Å². The van der Waals surface area contributed by atoms with Crippen LogP contribution >= 0.6 is 23.4 Å². The number of rotatable bonds is 5. The second-order valence-corrected chi connectivity index (χ2v) is 7.76. The van der Waals surface area contributed by atoms with Crippen LogP contribution in [0.4, 0.5) is 4.39 Å². The van der Waals surface area contributed by atoms with Gasteiger partial charge in [-0.3, -0.25) is 4.79 Å². The maximum atomic E-state index is 13.9. The lowest BCUT2D eigenvalue weighted by molar-refractivity contribution is -0.109. The second kappa shape index (κ2) is 7.07. The van der Waals surface area contributed by atoms with Crippen molar-refractivity contribution in [2.45, 2.75) is 30.3 Å². The summed E-state index contributed by atoms with van der Waals surface area (Å²) in [7, 11) is 0. The van der Waals surface area contributed by atoms with Crippen molar-refractivity contribution in [3.05, 3.63) is 76.8 Å². The van der Waals surface area contributed by atoms with Crippen molar-refractivity contribution in [3.63, 3.8) is 0 Å².